The van der Waals surface area contributed by atoms with Gasteiger partial charge in [-0.1, -0.05) is 97.3 Å². The van der Waals surface area contributed by atoms with Gasteiger partial charge in [0.05, 0.1) is 0 Å². The van der Waals surface area contributed by atoms with Crippen LogP contribution >= 0.6 is 7.82 Å². The van der Waals surface area contributed by atoms with E-state index in [-0.39, 0.29) is 59.1 Å². The zero-order valence-electron chi connectivity index (χ0n) is 19.5. The molecule has 0 aliphatic heterocycles. The van der Waals surface area contributed by atoms with Crippen molar-refractivity contribution in [3.05, 3.63) is 0 Å². The third-order valence-corrected chi connectivity index (χ3v) is 4.86. The summed E-state index contributed by atoms with van der Waals surface area (Å²) in [5.41, 5.74) is 0. The maximum atomic E-state index is 10.6. The summed E-state index contributed by atoms with van der Waals surface area (Å²) in [5, 5.41) is 0. The van der Waals surface area contributed by atoms with Gasteiger partial charge in [0, 0.05) is 13.0 Å². The fraction of sp³-hybridized carbons (Fsp3) is 1.00. The van der Waals surface area contributed by atoms with Crippen molar-refractivity contribution in [1.29, 1.82) is 0 Å². The van der Waals surface area contributed by atoms with Gasteiger partial charge in [-0.25, -0.2) is 9.56 Å². The van der Waals surface area contributed by atoms with Gasteiger partial charge in [0.1, 0.15) is 7.82 Å². The number of hydrogen-bond donors (Lipinski definition) is 0. The molecule has 0 heterocycles. The fourth-order valence-electron chi connectivity index (χ4n) is 2.98. The van der Waals surface area contributed by atoms with Gasteiger partial charge >= 0.3 is 59.1 Å². The van der Waals surface area contributed by atoms with Crippen LogP contribution < -0.4 is 68.9 Å². The van der Waals surface area contributed by atoms with Gasteiger partial charge in [0.15, 0.2) is 6.29 Å². The molecule has 6 nitrogen and oxygen atoms in total. The number of ether oxygens (including phenoxy) is 1. The first-order valence-electron chi connectivity index (χ1n) is 11.0. The maximum absolute atomic E-state index is 10.6. The minimum atomic E-state index is -5.14. The van der Waals surface area contributed by atoms with E-state index in [9.17, 15) is 14.4 Å². The van der Waals surface area contributed by atoms with Crippen LogP contribution in [0.1, 0.15) is 117 Å². The second-order valence-electron chi connectivity index (χ2n) is 7.30. The van der Waals surface area contributed by atoms with Gasteiger partial charge < -0.3 is 19.1 Å². The van der Waals surface area contributed by atoms with Gasteiger partial charge in [-0.2, -0.15) is 0 Å². The second-order valence-corrected chi connectivity index (χ2v) is 8.35. The minimum Gasteiger partial charge on any atom is -0.788 e. The van der Waals surface area contributed by atoms with Crippen LogP contribution in [-0.2, 0) is 18.9 Å². The molecule has 0 aliphatic carbocycles. The molecule has 0 saturated carbocycles. The molecule has 0 aromatic heterocycles. The van der Waals surface area contributed by atoms with Crippen molar-refractivity contribution < 1.29 is 87.8 Å². The van der Waals surface area contributed by atoms with Crippen LogP contribution in [0.2, 0.25) is 0 Å². The molecule has 0 aromatic carbocycles. The molecule has 9 heteroatoms. The molecule has 1 unspecified atom stereocenters. The standard InChI is InChI=1S/C20H43O6P.2Na/c1-3-5-7-9-11-12-13-14-16-18-20(25-26-27(21,22)23)24-19-17-15-10-8-6-4-2;;/h20H,3-19H2,1-2H3,(H2,21,22,23);;/q;2*+1/p-2. The Balaban J connectivity index is -0.00000338. The average molecular weight is 454 g/mol. The number of hydrogen-bond acceptors (Lipinski definition) is 6. The van der Waals surface area contributed by atoms with Crippen molar-refractivity contribution in [3.8, 4) is 0 Å². The van der Waals surface area contributed by atoms with Gasteiger partial charge in [0.2, 0.25) is 0 Å². The molecule has 0 rings (SSSR count). The van der Waals surface area contributed by atoms with Crippen LogP contribution in [0.3, 0.4) is 0 Å². The van der Waals surface area contributed by atoms with Crippen molar-refractivity contribution in [1.82, 2.24) is 0 Å². The summed E-state index contributed by atoms with van der Waals surface area (Å²) in [5.74, 6) is 0. The van der Waals surface area contributed by atoms with E-state index in [1.807, 2.05) is 0 Å². The summed E-state index contributed by atoms with van der Waals surface area (Å²) in [6.07, 6.45) is 17.3. The number of phosphoric acid groups is 1. The average Bonchev–Trinajstić information content (AvgIpc) is 2.62. The molecule has 0 fully saturated rings. The van der Waals surface area contributed by atoms with Crippen LogP contribution in [0.5, 0.6) is 0 Å². The van der Waals surface area contributed by atoms with Gasteiger partial charge in [-0.05, 0) is 12.8 Å². The third-order valence-electron chi connectivity index (χ3n) is 4.59. The number of rotatable bonds is 21. The van der Waals surface area contributed by atoms with E-state index in [4.69, 9.17) is 9.62 Å². The molecule has 0 saturated heterocycles. The van der Waals surface area contributed by atoms with Gasteiger partial charge in [-0.3, -0.25) is 0 Å². The zero-order valence-corrected chi connectivity index (χ0v) is 24.4. The van der Waals surface area contributed by atoms with Crippen LogP contribution in [-0.4, -0.2) is 12.9 Å². The largest absolute Gasteiger partial charge is 1.00 e. The predicted octanol–water partition coefficient (Wildman–Crippen LogP) is -0.605. The van der Waals surface area contributed by atoms with Crippen molar-refractivity contribution in [2.75, 3.05) is 6.61 Å². The quantitative estimate of drug-likeness (QED) is 0.0574. The molecule has 0 N–H and O–H groups in total. The Morgan fingerprint density at radius 3 is 1.55 bits per heavy atom. The Hall–Kier alpha value is 2.03. The van der Waals surface area contributed by atoms with E-state index in [0.29, 0.717) is 13.0 Å². The summed E-state index contributed by atoms with van der Waals surface area (Å²) in [4.78, 5) is 25.9. The molecule has 1 atom stereocenters. The van der Waals surface area contributed by atoms with Crippen molar-refractivity contribution >= 4 is 7.82 Å². The Bertz CT molecular complexity index is 358. The molecular formula is C20H41Na2O6P. The van der Waals surface area contributed by atoms with Crippen molar-refractivity contribution in [2.24, 2.45) is 0 Å². The molecule has 0 aromatic rings. The molecule has 0 amide bonds. The van der Waals surface area contributed by atoms with Gasteiger partial charge in [0.25, 0.3) is 0 Å². The molecule has 0 bridgehead atoms. The summed E-state index contributed by atoms with van der Waals surface area (Å²) in [7, 11) is -5.14. The number of unbranched alkanes of at least 4 members (excludes halogenated alkanes) is 13. The molecule has 0 spiro atoms. The minimum absolute atomic E-state index is 0. The third kappa shape index (κ3) is 30.0. The van der Waals surface area contributed by atoms with E-state index in [1.54, 1.807) is 0 Å². The smallest absolute Gasteiger partial charge is 0.788 e. The normalized spacial score (nSPS) is 12.3. The monoisotopic (exact) mass is 454 g/mol. The Morgan fingerprint density at radius 1 is 0.690 bits per heavy atom. The first-order valence-corrected chi connectivity index (χ1v) is 12.4. The summed E-state index contributed by atoms with van der Waals surface area (Å²) in [6.45, 7) is 4.89. The van der Waals surface area contributed by atoms with E-state index < -0.39 is 14.1 Å². The Labute approximate surface area is 223 Å². The fourth-order valence-corrected chi connectivity index (χ4v) is 3.18. The van der Waals surface area contributed by atoms with E-state index in [2.05, 4.69) is 18.5 Å². The maximum Gasteiger partial charge on any atom is 1.00 e. The van der Waals surface area contributed by atoms with Crippen LogP contribution in [0.15, 0.2) is 0 Å². The van der Waals surface area contributed by atoms with Crippen LogP contribution in [0.4, 0.5) is 0 Å². The zero-order chi connectivity index (χ0) is 20.2. The topological polar surface area (TPSA) is 90.9 Å². The first-order chi connectivity index (χ1) is 13.0. The summed E-state index contributed by atoms with van der Waals surface area (Å²) >= 11 is 0. The Morgan fingerprint density at radius 2 is 1.10 bits per heavy atom. The summed E-state index contributed by atoms with van der Waals surface area (Å²) < 4.78 is 20.1. The summed E-state index contributed by atoms with van der Waals surface area (Å²) in [6, 6.07) is 0. The van der Waals surface area contributed by atoms with Crippen LogP contribution in [0.25, 0.3) is 0 Å². The molecule has 29 heavy (non-hydrogen) atoms. The van der Waals surface area contributed by atoms with Crippen molar-refractivity contribution in [3.63, 3.8) is 0 Å². The van der Waals surface area contributed by atoms with E-state index in [1.165, 1.54) is 64.2 Å². The van der Waals surface area contributed by atoms with E-state index >= 15 is 0 Å². The predicted molar refractivity (Wildman–Crippen MR) is 105 cm³/mol. The molecular weight excluding hydrogens is 413 g/mol. The molecule has 0 radical (unpaired) electrons. The van der Waals surface area contributed by atoms with Crippen LogP contribution in [0, 0.1) is 0 Å². The van der Waals surface area contributed by atoms with E-state index in [0.717, 1.165) is 32.1 Å². The van der Waals surface area contributed by atoms with Gasteiger partial charge in [-0.15, -0.1) is 0 Å². The Kier molecular flexibility index (Phi) is 32.3. The first kappa shape index (κ1) is 35.6. The van der Waals surface area contributed by atoms with Crippen molar-refractivity contribution in [2.45, 2.75) is 123 Å². The second kappa shape index (κ2) is 26.3. The SMILES string of the molecule is CCCCCCCCCCCC(OCCCCCCCC)OOP(=O)([O-])[O-].[Na+].[Na+]. The molecule has 164 valence electrons. The molecule has 0 aliphatic rings.